The third kappa shape index (κ3) is 2.55. The van der Waals surface area contributed by atoms with Gasteiger partial charge >= 0.3 is 5.97 Å². The summed E-state index contributed by atoms with van der Waals surface area (Å²) in [5.74, 6) is -1.49. The summed E-state index contributed by atoms with van der Waals surface area (Å²) in [4.78, 5) is 10.3. The van der Waals surface area contributed by atoms with Crippen LogP contribution in [0.1, 0.15) is 13.8 Å². The average molecular weight is 282 g/mol. The lowest BCUT2D eigenvalue weighted by atomic mass is 10.6. The van der Waals surface area contributed by atoms with Crippen molar-refractivity contribution < 1.29 is 23.4 Å². The van der Waals surface area contributed by atoms with E-state index in [9.17, 15) is 13.2 Å². The molecule has 0 aromatic carbocycles. The number of aliphatic hydroxyl groups excluding tert-OH is 1. The van der Waals surface area contributed by atoms with Crippen LogP contribution in [0, 0.1) is 0 Å². The van der Waals surface area contributed by atoms with Gasteiger partial charge in [-0.25, -0.2) is 13.2 Å². The summed E-state index contributed by atoms with van der Waals surface area (Å²) >= 11 is 1.65. The number of carboxylic acids is 1. The van der Waals surface area contributed by atoms with Gasteiger partial charge in [0.1, 0.15) is 0 Å². The van der Waals surface area contributed by atoms with E-state index < -0.39 is 26.0 Å². The van der Waals surface area contributed by atoms with Gasteiger partial charge in [-0.3, -0.25) is 0 Å². The molecule has 0 aliphatic carbocycles. The van der Waals surface area contributed by atoms with Crippen molar-refractivity contribution >= 4 is 39.3 Å². The normalized spacial score (nSPS) is 19.8. The van der Waals surface area contributed by atoms with Crippen molar-refractivity contribution in [1.82, 2.24) is 0 Å². The minimum Gasteiger partial charge on any atom is -0.501 e. The molecule has 1 aliphatic heterocycles. The topological polar surface area (TPSA) is 91.7 Å². The van der Waals surface area contributed by atoms with E-state index in [2.05, 4.69) is 0 Å². The first-order valence-corrected chi connectivity index (χ1v) is 7.46. The Labute approximate surface area is 102 Å². The first kappa shape index (κ1) is 13.5. The molecule has 0 aromatic heterocycles. The molecule has 0 saturated carbocycles. The van der Waals surface area contributed by atoms with E-state index in [0.717, 1.165) is 23.5 Å². The van der Waals surface area contributed by atoms with Crippen LogP contribution in [-0.2, 0) is 14.6 Å². The molecule has 1 aliphatic rings. The van der Waals surface area contributed by atoms with Crippen molar-refractivity contribution in [2.75, 3.05) is 0 Å². The Morgan fingerprint density at radius 2 is 2.00 bits per heavy atom. The molecule has 0 aromatic rings. The fraction of sp³-hybridized carbons (Fsp3) is 0.375. The quantitative estimate of drug-likeness (QED) is 0.764. The van der Waals surface area contributed by atoms with E-state index in [0.29, 0.717) is 0 Å². The maximum Gasteiger partial charge on any atom is 0.349 e. The lowest BCUT2D eigenvalue weighted by molar-refractivity contribution is -0.131. The molecule has 0 unspecified atom stereocenters. The zero-order valence-corrected chi connectivity index (χ0v) is 10.9. The van der Waals surface area contributed by atoms with Gasteiger partial charge in [0.05, 0.1) is 9.49 Å². The monoisotopic (exact) mass is 282 g/mol. The smallest absolute Gasteiger partial charge is 0.349 e. The Hall–Kier alpha value is -0.600. The summed E-state index contributed by atoms with van der Waals surface area (Å²) in [6, 6.07) is 0. The standard InChI is InChI=1S/C8H10O5S3/c1-4(2)16(12,13)6(7(10)11)8-14-3-5(9)15-8/h3-4,9H,1-2H3,(H,10,11). The van der Waals surface area contributed by atoms with Crippen molar-refractivity contribution in [2.24, 2.45) is 0 Å². The number of thioether (sulfide) groups is 2. The lowest BCUT2D eigenvalue weighted by Crippen LogP contribution is -2.22. The summed E-state index contributed by atoms with van der Waals surface area (Å²) in [5.41, 5.74) is 0. The molecule has 0 amide bonds. The lowest BCUT2D eigenvalue weighted by Gasteiger charge is -2.10. The van der Waals surface area contributed by atoms with Crippen LogP contribution in [0.25, 0.3) is 0 Å². The van der Waals surface area contributed by atoms with Gasteiger partial charge in [0.2, 0.25) is 0 Å². The number of hydrogen-bond acceptors (Lipinski definition) is 6. The molecule has 0 atom stereocenters. The second kappa shape index (κ2) is 4.72. The molecule has 2 N–H and O–H groups in total. The van der Waals surface area contributed by atoms with Crippen LogP contribution in [0.4, 0.5) is 0 Å². The van der Waals surface area contributed by atoms with Crippen LogP contribution < -0.4 is 0 Å². The molecule has 16 heavy (non-hydrogen) atoms. The zero-order valence-electron chi connectivity index (χ0n) is 8.50. The Balaban J connectivity index is 3.28. The van der Waals surface area contributed by atoms with E-state index in [-0.39, 0.29) is 9.33 Å². The zero-order chi connectivity index (χ0) is 12.5. The number of sulfone groups is 1. The van der Waals surface area contributed by atoms with Gasteiger partial charge in [-0.05, 0) is 25.6 Å². The molecule has 8 heteroatoms. The third-order valence-electron chi connectivity index (χ3n) is 1.75. The number of carboxylic acid groups (broad SMARTS) is 1. The van der Waals surface area contributed by atoms with Crippen molar-refractivity contribution in [3.8, 4) is 0 Å². The number of carbonyl (C=O) groups is 1. The molecule has 0 fully saturated rings. The van der Waals surface area contributed by atoms with Gasteiger partial charge in [0, 0.05) is 5.41 Å². The van der Waals surface area contributed by atoms with Crippen molar-refractivity contribution in [1.29, 1.82) is 0 Å². The first-order chi connectivity index (χ1) is 7.26. The van der Waals surface area contributed by atoms with Gasteiger partial charge in [-0.1, -0.05) is 11.8 Å². The second-order valence-electron chi connectivity index (χ2n) is 3.19. The highest BCUT2D eigenvalue weighted by atomic mass is 32.2. The predicted octanol–water partition coefficient (Wildman–Crippen LogP) is 1.90. The molecule has 90 valence electrons. The third-order valence-corrected chi connectivity index (χ3v) is 6.36. The van der Waals surface area contributed by atoms with Gasteiger partial charge in [0.25, 0.3) is 0 Å². The summed E-state index contributed by atoms with van der Waals surface area (Å²) in [6.45, 7) is 2.83. The molecule has 0 radical (unpaired) electrons. The van der Waals surface area contributed by atoms with Gasteiger partial charge in [-0.2, -0.15) is 0 Å². The minimum absolute atomic E-state index is 0.0821. The number of aliphatic hydroxyl groups is 1. The highest BCUT2D eigenvalue weighted by Crippen LogP contribution is 2.45. The summed E-state index contributed by atoms with van der Waals surface area (Å²) in [7, 11) is -3.85. The average Bonchev–Trinajstić information content (AvgIpc) is 2.50. The molecular weight excluding hydrogens is 272 g/mol. The van der Waals surface area contributed by atoms with Crippen molar-refractivity contribution in [2.45, 2.75) is 19.1 Å². The van der Waals surface area contributed by atoms with Crippen LogP contribution in [0.15, 0.2) is 19.6 Å². The summed E-state index contributed by atoms with van der Waals surface area (Å²) in [6.07, 6.45) is 0. The van der Waals surface area contributed by atoms with Crippen LogP contribution in [0.5, 0.6) is 0 Å². The van der Waals surface area contributed by atoms with E-state index >= 15 is 0 Å². The maximum absolute atomic E-state index is 11.8. The fourth-order valence-corrected chi connectivity index (χ4v) is 4.52. The second-order valence-corrected chi connectivity index (χ2v) is 7.80. The molecule has 0 spiro atoms. The number of hydrogen-bond donors (Lipinski definition) is 2. The van der Waals surface area contributed by atoms with Crippen molar-refractivity contribution in [3.05, 3.63) is 19.6 Å². The van der Waals surface area contributed by atoms with E-state index in [1.807, 2.05) is 0 Å². The predicted molar refractivity (Wildman–Crippen MR) is 64.6 cm³/mol. The largest absolute Gasteiger partial charge is 0.501 e. The first-order valence-electron chi connectivity index (χ1n) is 4.22. The Morgan fingerprint density at radius 3 is 2.31 bits per heavy atom. The van der Waals surface area contributed by atoms with Gasteiger partial charge in [-0.15, -0.1) is 0 Å². The molecule has 1 heterocycles. The van der Waals surface area contributed by atoms with E-state index in [1.165, 1.54) is 19.3 Å². The fourth-order valence-electron chi connectivity index (χ4n) is 0.908. The Bertz CT molecular complexity index is 472. The summed E-state index contributed by atoms with van der Waals surface area (Å²) in [5, 5.41) is 18.4. The Kier molecular flexibility index (Phi) is 3.97. The number of aliphatic carboxylic acids is 1. The molecule has 0 saturated heterocycles. The van der Waals surface area contributed by atoms with Crippen LogP contribution in [0.2, 0.25) is 0 Å². The van der Waals surface area contributed by atoms with Crippen LogP contribution in [-0.4, -0.2) is 29.9 Å². The van der Waals surface area contributed by atoms with E-state index in [4.69, 9.17) is 10.2 Å². The number of rotatable bonds is 3. The summed E-state index contributed by atoms with van der Waals surface area (Å²) < 4.78 is 23.7. The van der Waals surface area contributed by atoms with E-state index in [1.54, 1.807) is 0 Å². The highest BCUT2D eigenvalue weighted by molar-refractivity contribution is 8.28. The van der Waals surface area contributed by atoms with Crippen LogP contribution in [0.3, 0.4) is 0 Å². The minimum atomic E-state index is -3.85. The van der Waals surface area contributed by atoms with Crippen molar-refractivity contribution in [3.63, 3.8) is 0 Å². The van der Waals surface area contributed by atoms with Crippen LogP contribution >= 0.6 is 23.5 Å². The molecular formula is C8H10O5S3. The molecule has 0 bridgehead atoms. The maximum atomic E-state index is 11.8. The van der Waals surface area contributed by atoms with Gasteiger partial charge < -0.3 is 10.2 Å². The molecule has 5 nitrogen and oxygen atoms in total. The molecule has 1 rings (SSSR count). The highest BCUT2D eigenvalue weighted by Gasteiger charge is 2.33. The van der Waals surface area contributed by atoms with Gasteiger partial charge in [0.15, 0.2) is 19.8 Å². The SMILES string of the molecule is CC(C)S(=O)(=O)C(C(=O)O)=C1SC=C(O)S1. The Morgan fingerprint density at radius 1 is 1.44 bits per heavy atom.